The lowest BCUT2D eigenvalue weighted by molar-refractivity contribution is -0.0373. The minimum absolute atomic E-state index is 0.516. The molecule has 0 bridgehead atoms. The molecule has 2 aliphatic heterocycles. The van der Waals surface area contributed by atoms with Crippen LogP contribution in [0.5, 0.6) is 0 Å². The van der Waals surface area contributed by atoms with E-state index in [9.17, 15) is 0 Å². The average molecular weight is 240 g/mol. The largest absolute Gasteiger partial charge is 0.378 e. The molecule has 3 atom stereocenters. The van der Waals surface area contributed by atoms with Gasteiger partial charge in [0, 0.05) is 25.2 Å². The molecule has 2 fully saturated rings. The van der Waals surface area contributed by atoms with Gasteiger partial charge in [-0.05, 0) is 38.8 Å². The highest BCUT2D eigenvalue weighted by Gasteiger charge is 2.31. The zero-order valence-corrected chi connectivity index (χ0v) is 11.5. The van der Waals surface area contributed by atoms with Crippen LogP contribution in [-0.2, 0) is 4.74 Å². The molecule has 0 aliphatic carbocycles. The quantitative estimate of drug-likeness (QED) is 0.795. The molecule has 100 valence electrons. The molecule has 3 heteroatoms. The van der Waals surface area contributed by atoms with Crippen LogP contribution in [0.25, 0.3) is 0 Å². The summed E-state index contributed by atoms with van der Waals surface area (Å²) in [5.74, 6) is 0. The molecule has 0 aromatic heterocycles. The van der Waals surface area contributed by atoms with E-state index in [1.165, 1.54) is 51.7 Å². The summed E-state index contributed by atoms with van der Waals surface area (Å²) in [6.07, 6.45) is 6.79. The lowest BCUT2D eigenvalue weighted by atomic mass is 9.97. The van der Waals surface area contributed by atoms with Gasteiger partial charge in [0.1, 0.15) is 0 Å². The second kappa shape index (κ2) is 6.72. The van der Waals surface area contributed by atoms with Crippen molar-refractivity contribution in [2.75, 3.05) is 26.2 Å². The first-order chi connectivity index (χ1) is 8.35. The first kappa shape index (κ1) is 13.3. The van der Waals surface area contributed by atoms with Gasteiger partial charge in [0.15, 0.2) is 0 Å². The van der Waals surface area contributed by atoms with Crippen molar-refractivity contribution in [2.24, 2.45) is 0 Å². The van der Waals surface area contributed by atoms with Gasteiger partial charge in [-0.25, -0.2) is 0 Å². The van der Waals surface area contributed by atoms with Gasteiger partial charge in [-0.1, -0.05) is 20.3 Å². The molecular formula is C14H28N2O. The molecule has 0 aromatic carbocycles. The predicted octanol–water partition coefficient (Wildman–Crippen LogP) is 2.02. The number of rotatable bonds is 5. The second-order valence-electron chi connectivity index (χ2n) is 5.44. The molecule has 2 heterocycles. The first-order valence-electron chi connectivity index (χ1n) is 7.43. The van der Waals surface area contributed by atoms with Crippen molar-refractivity contribution >= 4 is 0 Å². The SMILES string of the molecule is CCCC1CC(N(CC)C2CCNC2)CCO1. The van der Waals surface area contributed by atoms with Crippen LogP contribution in [0.3, 0.4) is 0 Å². The van der Waals surface area contributed by atoms with E-state index < -0.39 is 0 Å². The van der Waals surface area contributed by atoms with E-state index in [4.69, 9.17) is 4.74 Å². The average Bonchev–Trinajstić information content (AvgIpc) is 2.85. The Morgan fingerprint density at radius 2 is 2.12 bits per heavy atom. The fourth-order valence-corrected chi connectivity index (χ4v) is 3.42. The molecule has 2 rings (SSSR count). The molecule has 0 amide bonds. The van der Waals surface area contributed by atoms with Crippen molar-refractivity contribution < 1.29 is 4.74 Å². The molecular weight excluding hydrogens is 212 g/mol. The van der Waals surface area contributed by atoms with Crippen molar-refractivity contribution in [3.63, 3.8) is 0 Å². The number of hydrogen-bond donors (Lipinski definition) is 1. The van der Waals surface area contributed by atoms with Crippen molar-refractivity contribution in [1.82, 2.24) is 10.2 Å². The Kier molecular flexibility index (Phi) is 5.26. The summed E-state index contributed by atoms with van der Waals surface area (Å²) in [5.41, 5.74) is 0. The summed E-state index contributed by atoms with van der Waals surface area (Å²) >= 11 is 0. The Bertz CT molecular complexity index is 214. The molecule has 1 N–H and O–H groups in total. The van der Waals surface area contributed by atoms with E-state index in [-0.39, 0.29) is 0 Å². The van der Waals surface area contributed by atoms with Crippen molar-refractivity contribution in [3.05, 3.63) is 0 Å². The van der Waals surface area contributed by atoms with Gasteiger partial charge in [-0.15, -0.1) is 0 Å². The lowest BCUT2D eigenvalue weighted by Crippen LogP contribution is -2.48. The Morgan fingerprint density at radius 3 is 2.76 bits per heavy atom. The van der Waals surface area contributed by atoms with Crippen LogP contribution in [-0.4, -0.2) is 49.3 Å². The smallest absolute Gasteiger partial charge is 0.0590 e. The summed E-state index contributed by atoms with van der Waals surface area (Å²) in [7, 11) is 0. The van der Waals surface area contributed by atoms with Gasteiger partial charge < -0.3 is 10.1 Å². The van der Waals surface area contributed by atoms with Crippen LogP contribution in [0.15, 0.2) is 0 Å². The zero-order valence-electron chi connectivity index (χ0n) is 11.5. The molecule has 17 heavy (non-hydrogen) atoms. The minimum atomic E-state index is 0.516. The maximum Gasteiger partial charge on any atom is 0.0590 e. The second-order valence-corrected chi connectivity index (χ2v) is 5.44. The first-order valence-corrected chi connectivity index (χ1v) is 7.43. The summed E-state index contributed by atoms with van der Waals surface area (Å²) in [6, 6.07) is 1.53. The van der Waals surface area contributed by atoms with E-state index in [1.54, 1.807) is 0 Å². The molecule has 3 nitrogen and oxygen atoms in total. The van der Waals surface area contributed by atoms with Gasteiger partial charge in [-0.2, -0.15) is 0 Å². The van der Waals surface area contributed by atoms with Crippen LogP contribution in [0.2, 0.25) is 0 Å². The Morgan fingerprint density at radius 1 is 1.24 bits per heavy atom. The Balaban J connectivity index is 1.89. The number of ether oxygens (including phenoxy) is 1. The van der Waals surface area contributed by atoms with Gasteiger partial charge in [-0.3, -0.25) is 4.90 Å². The van der Waals surface area contributed by atoms with Crippen molar-refractivity contribution in [2.45, 2.75) is 64.1 Å². The third kappa shape index (κ3) is 3.43. The van der Waals surface area contributed by atoms with Gasteiger partial charge in [0.05, 0.1) is 6.10 Å². The van der Waals surface area contributed by atoms with E-state index in [0.29, 0.717) is 6.10 Å². The standard InChI is InChI=1S/C14H28N2O/c1-3-5-14-10-12(7-9-17-14)16(4-2)13-6-8-15-11-13/h12-15H,3-11H2,1-2H3. The third-order valence-corrected chi connectivity index (χ3v) is 4.29. The van der Waals surface area contributed by atoms with Crippen LogP contribution in [0, 0.1) is 0 Å². The molecule has 3 unspecified atom stereocenters. The Labute approximate surface area is 106 Å². The van der Waals surface area contributed by atoms with Crippen molar-refractivity contribution in [1.29, 1.82) is 0 Å². The van der Waals surface area contributed by atoms with Crippen LogP contribution in [0.4, 0.5) is 0 Å². The molecule has 0 aromatic rings. The zero-order chi connectivity index (χ0) is 12.1. The van der Waals surface area contributed by atoms with E-state index in [0.717, 1.165) is 18.7 Å². The Hall–Kier alpha value is -0.120. The maximum absolute atomic E-state index is 5.86. The van der Waals surface area contributed by atoms with Gasteiger partial charge in [0.25, 0.3) is 0 Å². The minimum Gasteiger partial charge on any atom is -0.378 e. The van der Waals surface area contributed by atoms with E-state index in [2.05, 4.69) is 24.1 Å². The predicted molar refractivity (Wildman–Crippen MR) is 71.3 cm³/mol. The number of likely N-dealkylation sites (N-methyl/N-ethyl adjacent to an activating group) is 1. The molecule has 2 aliphatic rings. The summed E-state index contributed by atoms with van der Waals surface area (Å²) < 4.78 is 5.86. The summed E-state index contributed by atoms with van der Waals surface area (Å²) in [6.45, 7) is 9.10. The molecule has 0 radical (unpaired) electrons. The highest BCUT2D eigenvalue weighted by atomic mass is 16.5. The highest BCUT2D eigenvalue weighted by molar-refractivity contribution is 4.87. The van der Waals surface area contributed by atoms with Crippen molar-refractivity contribution in [3.8, 4) is 0 Å². The molecule has 0 spiro atoms. The van der Waals surface area contributed by atoms with Gasteiger partial charge in [0.2, 0.25) is 0 Å². The summed E-state index contributed by atoms with van der Waals surface area (Å²) in [4.78, 5) is 2.73. The maximum atomic E-state index is 5.86. The lowest BCUT2D eigenvalue weighted by Gasteiger charge is -2.40. The van der Waals surface area contributed by atoms with E-state index in [1.807, 2.05) is 0 Å². The number of nitrogens with zero attached hydrogens (tertiary/aromatic N) is 1. The number of hydrogen-bond acceptors (Lipinski definition) is 3. The highest BCUT2D eigenvalue weighted by Crippen LogP contribution is 2.25. The normalized spacial score (nSPS) is 34.4. The molecule has 2 saturated heterocycles. The van der Waals surface area contributed by atoms with Crippen LogP contribution in [0.1, 0.15) is 46.0 Å². The van der Waals surface area contributed by atoms with E-state index >= 15 is 0 Å². The number of nitrogens with one attached hydrogen (secondary N) is 1. The monoisotopic (exact) mass is 240 g/mol. The fourth-order valence-electron chi connectivity index (χ4n) is 3.42. The topological polar surface area (TPSA) is 24.5 Å². The third-order valence-electron chi connectivity index (χ3n) is 4.29. The fraction of sp³-hybridized carbons (Fsp3) is 1.00. The van der Waals surface area contributed by atoms with Crippen LogP contribution < -0.4 is 5.32 Å². The van der Waals surface area contributed by atoms with Gasteiger partial charge >= 0.3 is 0 Å². The molecule has 0 saturated carbocycles. The summed E-state index contributed by atoms with van der Waals surface area (Å²) in [5, 5.41) is 3.49. The van der Waals surface area contributed by atoms with Crippen LogP contribution >= 0.6 is 0 Å².